The van der Waals surface area contributed by atoms with E-state index in [0.717, 1.165) is 6.07 Å². The first-order valence-electron chi connectivity index (χ1n) is 5.37. The highest BCUT2D eigenvalue weighted by molar-refractivity contribution is 5.88. The first-order chi connectivity index (χ1) is 8.88. The zero-order valence-corrected chi connectivity index (χ0v) is 9.88. The molecule has 1 heterocycles. The Hall–Kier alpha value is -2.31. The van der Waals surface area contributed by atoms with Gasteiger partial charge in [0, 0.05) is 18.6 Å². The normalized spacial score (nSPS) is 11.4. The molecule has 0 aliphatic rings. The molecule has 0 radical (unpaired) electrons. The van der Waals surface area contributed by atoms with Crippen LogP contribution in [0.15, 0.2) is 30.3 Å². The number of alkyl halides is 3. The summed E-state index contributed by atoms with van der Waals surface area (Å²) in [6.45, 7) is 1.29. The predicted octanol–water partition coefficient (Wildman–Crippen LogP) is 3.05. The van der Waals surface area contributed by atoms with Gasteiger partial charge in [-0.2, -0.15) is 18.3 Å². The van der Waals surface area contributed by atoms with E-state index in [1.165, 1.54) is 31.2 Å². The van der Waals surface area contributed by atoms with Gasteiger partial charge in [-0.1, -0.05) is 18.2 Å². The molecule has 0 unspecified atom stereocenters. The molecule has 0 bridgehead atoms. The molecule has 0 aliphatic carbocycles. The third-order valence-corrected chi connectivity index (χ3v) is 2.40. The van der Waals surface area contributed by atoms with Crippen LogP contribution in [0.1, 0.15) is 12.5 Å². The second kappa shape index (κ2) is 4.75. The third-order valence-electron chi connectivity index (χ3n) is 2.40. The largest absolute Gasteiger partial charge is 0.417 e. The summed E-state index contributed by atoms with van der Waals surface area (Å²) < 4.78 is 38.5. The van der Waals surface area contributed by atoms with Gasteiger partial charge >= 0.3 is 6.18 Å². The number of hydrogen-bond donors (Lipinski definition) is 2. The second-order valence-electron chi connectivity index (χ2n) is 3.89. The van der Waals surface area contributed by atoms with Crippen LogP contribution in [0, 0.1) is 0 Å². The van der Waals surface area contributed by atoms with Crippen molar-refractivity contribution in [1.82, 2.24) is 10.2 Å². The van der Waals surface area contributed by atoms with Gasteiger partial charge in [-0.15, -0.1) is 0 Å². The Labute approximate surface area is 106 Å². The number of halogens is 3. The van der Waals surface area contributed by atoms with E-state index in [4.69, 9.17) is 0 Å². The number of carbonyl (C=O) groups excluding carboxylic acids is 1. The molecule has 1 aromatic carbocycles. The Bertz CT molecular complexity index is 604. The number of benzene rings is 1. The van der Waals surface area contributed by atoms with E-state index in [1.54, 1.807) is 0 Å². The van der Waals surface area contributed by atoms with Crippen molar-refractivity contribution in [2.45, 2.75) is 13.1 Å². The Balaban J connectivity index is 2.42. The van der Waals surface area contributed by atoms with Crippen LogP contribution in [0.5, 0.6) is 0 Å². The molecule has 0 fully saturated rings. The van der Waals surface area contributed by atoms with Crippen molar-refractivity contribution < 1.29 is 18.0 Å². The van der Waals surface area contributed by atoms with Crippen LogP contribution in [0.2, 0.25) is 0 Å². The van der Waals surface area contributed by atoms with E-state index >= 15 is 0 Å². The number of nitrogens with one attached hydrogen (secondary N) is 2. The van der Waals surface area contributed by atoms with Crippen LogP contribution in [-0.2, 0) is 11.0 Å². The van der Waals surface area contributed by atoms with Crippen molar-refractivity contribution >= 4 is 11.7 Å². The summed E-state index contributed by atoms with van der Waals surface area (Å²) in [5.41, 5.74) is -0.580. The lowest BCUT2D eigenvalue weighted by Crippen LogP contribution is -2.07. The fourth-order valence-electron chi connectivity index (χ4n) is 1.67. The van der Waals surface area contributed by atoms with E-state index < -0.39 is 11.7 Å². The first-order valence-corrected chi connectivity index (χ1v) is 5.37. The van der Waals surface area contributed by atoms with Gasteiger partial charge in [0.2, 0.25) is 5.91 Å². The number of nitrogens with zero attached hydrogens (tertiary/aromatic N) is 1. The maximum Gasteiger partial charge on any atom is 0.417 e. The molecular formula is C12H10F3N3O. The minimum Gasteiger partial charge on any atom is -0.309 e. The smallest absolute Gasteiger partial charge is 0.309 e. The average Bonchev–Trinajstić information content (AvgIpc) is 2.75. The molecule has 0 spiro atoms. The van der Waals surface area contributed by atoms with E-state index in [0.29, 0.717) is 0 Å². The maximum atomic E-state index is 12.8. The fraction of sp³-hybridized carbons (Fsp3) is 0.167. The summed E-state index contributed by atoms with van der Waals surface area (Å²) in [6.07, 6.45) is -4.45. The van der Waals surface area contributed by atoms with E-state index in [-0.39, 0.29) is 23.0 Å². The number of rotatable bonds is 2. The van der Waals surface area contributed by atoms with Gasteiger partial charge < -0.3 is 5.32 Å². The molecule has 0 atom stereocenters. The van der Waals surface area contributed by atoms with Crippen LogP contribution in [0.4, 0.5) is 19.0 Å². The van der Waals surface area contributed by atoms with Crippen LogP contribution >= 0.6 is 0 Å². The van der Waals surface area contributed by atoms with Crippen molar-refractivity contribution in [2.75, 3.05) is 5.32 Å². The van der Waals surface area contributed by atoms with Gasteiger partial charge in [-0.05, 0) is 6.07 Å². The minimum atomic E-state index is -4.45. The third kappa shape index (κ3) is 2.93. The number of anilines is 1. The van der Waals surface area contributed by atoms with E-state index in [9.17, 15) is 18.0 Å². The quantitative estimate of drug-likeness (QED) is 0.880. The van der Waals surface area contributed by atoms with Gasteiger partial charge in [0.05, 0.1) is 11.3 Å². The molecule has 4 nitrogen and oxygen atoms in total. The lowest BCUT2D eigenvalue weighted by atomic mass is 10.0. The van der Waals surface area contributed by atoms with Gasteiger partial charge in [-0.25, -0.2) is 0 Å². The Morgan fingerprint density at radius 1 is 1.32 bits per heavy atom. The number of H-pyrrole nitrogens is 1. The molecular weight excluding hydrogens is 259 g/mol. The van der Waals surface area contributed by atoms with E-state index in [1.807, 2.05) is 0 Å². The molecule has 100 valence electrons. The van der Waals surface area contributed by atoms with Crippen molar-refractivity contribution in [3.8, 4) is 11.3 Å². The van der Waals surface area contributed by atoms with Gasteiger partial charge in [-0.3, -0.25) is 9.89 Å². The Morgan fingerprint density at radius 3 is 2.63 bits per heavy atom. The summed E-state index contributed by atoms with van der Waals surface area (Å²) in [6, 6.07) is 6.51. The minimum absolute atomic E-state index is 0.0147. The van der Waals surface area contributed by atoms with Crippen molar-refractivity contribution in [1.29, 1.82) is 0 Å². The molecule has 2 aromatic rings. The maximum absolute atomic E-state index is 12.8. The summed E-state index contributed by atoms with van der Waals surface area (Å²) in [5, 5.41) is 8.60. The highest BCUT2D eigenvalue weighted by atomic mass is 19.4. The second-order valence-corrected chi connectivity index (χ2v) is 3.89. The van der Waals surface area contributed by atoms with Crippen LogP contribution < -0.4 is 5.32 Å². The zero-order chi connectivity index (χ0) is 14.0. The molecule has 19 heavy (non-hydrogen) atoms. The molecule has 2 rings (SSSR count). The number of aromatic amines is 1. The number of carbonyl (C=O) groups is 1. The molecule has 1 amide bonds. The Kier molecular flexibility index (Phi) is 3.28. The van der Waals surface area contributed by atoms with Gasteiger partial charge in [0.25, 0.3) is 0 Å². The molecule has 2 N–H and O–H groups in total. The van der Waals surface area contributed by atoms with Crippen LogP contribution in [-0.4, -0.2) is 16.1 Å². The summed E-state index contributed by atoms with van der Waals surface area (Å²) >= 11 is 0. The predicted molar refractivity (Wildman–Crippen MR) is 63.3 cm³/mol. The molecule has 0 saturated carbocycles. The summed E-state index contributed by atoms with van der Waals surface area (Å²) in [4.78, 5) is 10.8. The van der Waals surface area contributed by atoms with E-state index in [2.05, 4.69) is 15.5 Å². The number of hydrogen-bond acceptors (Lipinski definition) is 2. The van der Waals surface area contributed by atoms with Crippen molar-refractivity contribution in [2.24, 2.45) is 0 Å². The monoisotopic (exact) mass is 269 g/mol. The highest BCUT2D eigenvalue weighted by Crippen LogP contribution is 2.36. The summed E-state index contributed by atoms with van der Waals surface area (Å²) in [7, 11) is 0. The fourth-order valence-corrected chi connectivity index (χ4v) is 1.67. The first kappa shape index (κ1) is 13.1. The van der Waals surface area contributed by atoms with Crippen molar-refractivity contribution in [3.05, 3.63) is 35.9 Å². The summed E-state index contributed by atoms with van der Waals surface area (Å²) in [5.74, 6) is -0.165. The number of amides is 1. The SMILES string of the molecule is CC(=O)Nc1cc(-c2ccccc2C(F)(F)F)[nH]n1. The Morgan fingerprint density at radius 2 is 2.00 bits per heavy atom. The lowest BCUT2D eigenvalue weighted by molar-refractivity contribution is -0.137. The highest BCUT2D eigenvalue weighted by Gasteiger charge is 2.33. The van der Waals surface area contributed by atoms with Gasteiger partial charge in [0.15, 0.2) is 5.82 Å². The lowest BCUT2D eigenvalue weighted by Gasteiger charge is -2.10. The van der Waals surface area contributed by atoms with Gasteiger partial charge in [0.1, 0.15) is 0 Å². The standard InChI is InChI=1S/C12H10F3N3O/c1-7(19)16-11-6-10(17-18-11)8-4-2-3-5-9(8)12(13,14)15/h2-6H,1H3,(H2,16,17,18,19). The van der Waals surface area contributed by atoms with Crippen LogP contribution in [0.25, 0.3) is 11.3 Å². The topological polar surface area (TPSA) is 57.8 Å². The molecule has 0 aliphatic heterocycles. The van der Waals surface area contributed by atoms with Crippen molar-refractivity contribution in [3.63, 3.8) is 0 Å². The molecule has 0 saturated heterocycles. The molecule has 1 aromatic heterocycles. The molecule has 7 heteroatoms. The van der Waals surface area contributed by atoms with Crippen LogP contribution in [0.3, 0.4) is 0 Å². The number of aromatic nitrogens is 2. The average molecular weight is 269 g/mol. The zero-order valence-electron chi connectivity index (χ0n) is 9.88.